The van der Waals surface area contributed by atoms with Crippen LogP contribution in [0.4, 0.5) is 0 Å². The highest BCUT2D eigenvalue weighted by Gasteiger charge is 2.15. The maximum Gasteiger partial charge on any atom is 0.0332 e. The van der Waals surface area contributed by atoms with Crippen molar-refractivity contribution in [3.05, 3.63) is 35.4 Å². The fraction of sp³-hybridized carbons (Fsp3) is 0.647. The van der Waals surface area contributed by atoms with E-state index in [1.165, 1.54) is 55.1 Å². The Labute approximate surface area is 128 Å². The van der Waals surface area contributed by atoms with Crippen LogP contribution in [-0.4, -0.2) is 42.6 Å². The third-order valence-electron chi connectivity index (χ3n) is 3.96. The molecule has 1 saturated heterocycles. The molecule has 20 heavy (non-hydrogen) atoms. The normalized spacial score (nSPS) is 18.1. The molecule has 1 unspecified atom stereocenters. The molecule has 0 bridgehead atoms. The van der Waals surface area contributed by atoms with Gasteiger partial charge in [0.2, 0.25) is 0 Å². The summed E-state index contributed by atoms with van der Waals surface area (Å²) in [6, 6.07) is 9.54. The molecule has 0 aliphatic carbocycles. The zero-order valence-electron chi connectivity index (χ0n) is 12.9. The van der Waals surface area contributed by atoms with E-state index in [0.29, 0.717) is 6.04 Å². The van der Waals surface area contributed by atoms with Gasteiger partial charge < -0.3 is 10.2 Å². The molecular weight excluding hydrogens is 264 g/mol. The lowest BCUT2D eigenvalue weighted by molar-refractivity contribution is 0.281. The van der Waals surface area contributed by atoms with Gasteiger partial charge in [-0.05, 0) is 31.9 Å². The molecule has 1 heterocycles. The zero-order chi connectivity index (χ0) is 14.2. The number of benzene rings is 1. The topological polar surface area (TPSA) is 15.3 Å². The molecule has 3 heteroatoms. The van der Waals surface area contributed by atoms with E-state index in [1.807, 2.05) is 0 Å². The first-order chi connectivity index (χ1) is 9.79. The second-order valence-corrected chi connectivity index (χ2v) is 6.88. The summed E-state index contributed by atoms with van der Waals surface area (Å²) in [6.45, 7) is 9.24. The molecular formula is C17H28N2S. The molecule has 1 atom stereocenters. The Morgan fingerprint density at radius 3 is 2.55 bits per heavy atom. The standard InChI is InChI=1S/C17H28N2S/c1-3-9-18-17(16-6-4-15(2)5-7-16)8-10-19-11-13-20-14-12-19/h4-7,17-18H,3,8-14H2,1-2H3. The number of rotatable bonds is 7. The molecule has 0 spiro atoms. The van der Waals surface area contributed by atoms with Gasteiger partial charge in [0, 0.05) is 37.2 Å². The Kier molecular flexibility index (Phi) is 6.91. The first-order valence-electron chi connectivity index (χ1n) is 7.89. The Hall–Kier alpha value is -0.510. The molecule has 2 nitrogen and oxygen atoms in total. The molecule has 1 aromatic rings. The van der Waals surface area contributed by atoms with Crippen molar-refractivity contribution in [2.45, 2.75) is 32.7 Å². The molecule has 0 saturated carbocycles. The van der Waals surface area contributed by atoms with Crippen molar-refractivity contribution in [1.82, 2.24) is 10.2 Å². The molecule has 1 N–H and O–H groups in total. The van der Waals surface area contributed by atoms with Crippen molar-refractivity contribution in [3.8, 4) is 0 Å². The largest absolute Gasteiger partial charge is 0.310 e. The maximum atomic E-state index is 3.71. The van der Waals surface area contributed by atoms with Crippen molar-refractivity contribution >= 4 is 11.8 Å². The first kappa shape index (κ1) is 15.9. The Balaban J connectivity index is 1.90. The highest BCUT2D eigenvalue weighted by Crippen LogP contribution is 2.19. The molecule has 0 amide bonds. The van der Waals surface area contributed by atoms with E-state index >= 15 is 0 Å². The Morgan fingerprint density at radius 2 is 1.90 bits per heavy atom. The summed E-state index contributed by atoms with van der Waals surface area (Å²) < 4.78 is 0. The average molecular weight is 292 g/mol. The highest BCUT2D eigenvalue weighted by atomic mass is 32.2. The van der Waals surface area contributed by atoms with Crippen molar-refractivity contribution < 1.29 is 0 Å². The second-order valence-electron chi connectivity index (χ2n) is 5.66. The second kappa shape index (κ2) is 8.71. The number of aryl methyl sites for hydroxylation is 1. The van der Waals surface area contributed by atoms with Gasteiger partial charge in [-0.1, -0.05) is 36.8 Å². The number of hydrogen-bond donors (Lipinski definition) is 1. The monoisotopic (exact) mass is 292 g/mol. The van der Waals surface area contributed by atoms with E-state index in [4.69, 9.17) is 0 Å². The summed E-state index contributed by atoms with van der Waals surface area (Å²) in [7, 11) is 0. The minimum Gasteiger partial charge on any atom is -0.310 e. The number of nitrogens with zero attached hydrogens (tertiary/aromatic N) is 1. The van der Waals surface area contributed by atoms with Gasteiger partial charge in [0.05, 0.1) is 0 Å². The number of thioether (sulfide) groups is 1. The van der Waals surface area contributed by atoms with Crippen molar-refractivity contribution in [2.24, 2.45) is 0 Å². The van der Waals surface area contributed by atoms with Gasteiger partial charge in [-0.15, -0.1) is 0 Å². The summed E-state index contributed by atoms with van der Waals surface area (Å²) in [6.07, 6.45) is 2.41. The van der Waals surface area contributed by atoms with Crippen LogP contribution in [0.15, 0.2) is 24.3 Å². The van der Waals surface area contributed by atoms with E-state index in [9.17, 15) is 0 Å². The lowest BCUT2D eigenvalue weighted by Crippen LogP contribution is -2.35. The predicted octanol–water partition coefficient (Wildman–Crippen LogP) is 3.47. The molecule has 2 rings (SSSR count). The number of nitrogens with one attached hydrogen (secondary N) is 1. The highest BCUT2D eigenvalue weighted by molar-refractivity contribution is 7.99. The fourth-order valence-corrected chi connectivity index (χ4v) is 3.62. The van der Waals surface area contributed by atoms with Crippen LogP contribution >= 0.6 is 11.8 Å². The average Bonchev–Trinajstić information content (AvgIpc) is 2.50. The van der Waals surface area contributed by atoms with E-state index in [2.05, 4.69) is 60.1 Å². The van der Waals surface area contributed by atoms with Gasteiger partial charge in [0.25, 0.3) is 0 Å². The summed E-state index contributed by atoms with van der Waals surface area (Å²) in [5, 5.41) is 3.71. The van der Waals surface area contributed by atoms with E-state index in [1.54, 1.807) is 0 Å². The van der Waals surface area contributed by atoms with Gasteiger partial charge in [-0.2, -0.15) is 11.8 Å². The van der Waals surface area contributed by atoms with Crippen molar-refractivity contribution in [3.63, 3.8) is 0 Å². The summed E-state index contributed by atoms with van der Waals surface area (Å²) in [5.74, 6) is 2.61. The summed E-state index contributed by atoms with van der Waals surface area (Å²) >= 11 is 2.09. The van der Waals surface area contributed by atoms with E-state index in [0.717, 1.165) is 6.54 Å². The number of hydrogen-bond acceptors (Lipinski definition) is 3. The lowest BCUT2D eigenvalue weighted by Gasteiger charge is -2.28. The third kappa shape index (κ3) is 5.12. The van der Waals surface area contributed by atoms with E-state index in [-0.39, 0.29) is 0 Å². The SMILES string of the molecule is CCCNC(CCN1CCSCC1)c1ccc(C)cc1. The van der Waals surface area contributed by atoms with Gasteiger partial charge in [0.1, 0.15) is 0 Å². The van der Waals surface area contributed by atoms with Crippen molar-refractivity contribution in [1.29, 1.82) is 0 Å². The van der Waals surface area contributed by atoms with Crippen molar-refractivity contribution in [2.75, 3.05) is 37.7 Å². The van der Waals surface area contributed by atoms with Gasteiger partial charge in [0.15, 0.2) is 0 Å². The first-order valence-corrected chi connectivity index (χ1v) is 9.05. The van der Waals surface area contributed by atoms with Crippen LogP contribution in [0.1, 0.15) is 36.9 Å². The minimum absolute atomic E-state index is 0.505. The summed E-state index contributed by atoms with van der Waals surface area (Å²) in [5.41, 5.74) is 2.78. The van der Waals surface area contributed by atoms with Crippen LogP contribution in [-0.2, 0) is 0 Å². The molecule has 0 aromatic heterocycles. The van der Waals surface area contributed by atoms with Crippen LogP contribution < -0.4 is 5.32 Å². The molecule has 1 aliphatic heterocycles. The lowest BCUT2D eigenvalue weighted by atomic mass is 10.0. The van der Waals surface area contributed by atoms with Crippen LogP contribution in [0.5, 0.6) is 0 Å². The van der Waals surface area contributed by atoms with Gasteiger partial charge in [-0.3, -0.25) is 0 Å². The minimum atomic E-state index is 0.505. The van der Waals surface area contributed by atoms with Crippen LogP contribution in [0.25, 0.3) is 0 Å². The quantitative estimate of drug-likeness (QED) is 0.828. The van der Waals surface area contributed by atoms with Crippen LogP contribution in [0, 0.1) is 6.92 Å². The fourth-order valence-electron chi connectivity index (χ4n) is 2.64. The molecule has 1 aliphatic rings. The third-order valence-corrected chi connectivity index (χ3v) is 4.90. The van der Waals surface area contributed by atoms with E-state index < -0.39 is 0 Å². The Bertz CT molecular complexity index is 371. The van der Waals surface area contributed by atoms with Gasteiger partial charge >= 0.3 is 0 Å². The maximum absolute atomic E-state index is 3.71. The van der Waals surface area contributed by atoms with Gasteiger partial charge in [-0.25, -0.2) is 0 Å². The molecule has 1 aromatic carbocycles. The molecule has 1 fully saturated rings. The summed E-state index contributed by atoms with van der Waals surface area (Å²) in [4.78, 5) is 2.62. The predicted molar refractivity (Wildman–Crippen MR) is 90.6 cm³/mol. The smallest absolute Gasteiger partial charge is 0.0332 e. The Morgan fingerprint density at radius 1 is 1.20 bits per heavy atom. The van der Waals surface area contributed by atoms with Crippen LogP contribution in [0.3, 0.4) is 0 Å². The zero-order valence-corrected chi connectivity index (χ0v) is 13.7. The van der Waals surface area contributed by atoms with Crippen LogP contribution in [0.2, 0.25) is 0 Å². The molecule has 0 radical (unpaired) electrons. The molecule has 112 valence electrons.